The van der Waals surface area contributed by atoms with Crippen molar-refractivity contribution in [2.45, 2.75) is 11.3 Å². The smallest absolute Gasteiger partial charge is 0.227 e. The fraction of sp³-hybridized carbons (Fsp3) is 0.167. The van der Waals surface area contributed by atoms with Crippen LogP contribution in [0.5, 0.6) is 0 Å². The lowest BCUT2D eigenvalue weighted by Crippen LogP contribution is -2.13. The molecule has 0 spiro atoms. The number of H-pyrrole nitrogens is 1. The van der Waals surface area contributed by atoms with E-state index in [0.29, 0.717) is 23.1 Å². The van der Waals surface area contributed by atoms with Crippen molar-refractivity contribution in [1.29, 1.82) is 0 Å². The normalized spacial score (nSPS) is 10.3. The number of aromatic amines is 1. The molecule has 4 nitrogen and oxygen atoms in total. The lowest BCUT2D eigenvalue weighted by molar-refractivity contribution is -0.115. The maximum Gasteiger partial charge on any atom is 0.227 e. The van der Waals surface area contributed by atoms with Gasteiger partial charge in [0, 0.05) is 29.5 Å². The number of thioether (sulfide) groups is 1. The van der Waals surface area contributed by atoms with Crippen LogP contribution in [0.1, 0.15) is 6.42 Å². The van der Waals surface area contributed by atoms with Crippen molar-refractivity contribution in [3.63, 3.8) is 0 Å². The number of carbonyl (C=O) groups is 1. The number of hydrogen-bond donors (Lipinski definition) is 2. The van der Waals surface area contributed by atoms with E-state index in [-0.39, 0.29) is 5.91 Å². The molecule has 0 saturated carbocycles. The van der Waals surface area contributed by atoms with Crippen LogP contribution in [0.3, 0.4) is 0 Å². The summed E-state index contributed by atoms with van der Waals surface area (Å²) >= 11 is 7.58. The predicted octanol–water partition coefficient (Wildman–Crippen LogP) is 3.18. The summed E-state index contributed by atoms with van der Waals surface area (Å²) in [5.74, 6) is 1.09. The van der Waals surface area contributed by atoms with Gasteiger partial charge in [-0.05, 0) is 12.1 Å². The van der Waals surface area contributed by atoms with E-state index in [1.807, 2.05) is 24.3 Å². The predicted molar refractivity (Wildman–Crippen MR) is 74.0 cm³/mol. The molecule has 2 N–H and O–H groups in total. The number of carbonyl (C=O) groups excluding carboxylic acids is 1. The van der Waals surface area contributed by atoms with Crippen molar-refractivity contribution in [3.8, 4) is 0 Å². The largest absolute Gasteiger partial charge is 0.331 e. The summed E-state index contributed by atoms with van der Waals surface area (Å²) in [5.41, 5.74) is 0. The van der Waals surface area contributed by atoms with Crippen molar-refractivity contribution in [2.24, 2.45) is 0 Å². The Kier molecular flexibility index (Phi) is 4.66. The van der Waals surface area contributed by atoms with Gasteiger partial charge in [-0.2, -0.15) is 0 Å². The third-order valence-electron chi connectivity index (χ3n) is 2.18. The van der Waals surface area contributed by atoms with E-state index in [9.17, 15) is 4.79 Å². The lowest BCUT2D eigenvalue weighted by atomic mass is 10.4. The van der Waals surface area contributed by atoms with E-state index in [4.69, 9.17) is 11.6 Å². The molecule has 0 saturated heterocycles. The topological polar surface area (TPSA) is 57.8 Å². The monoisotopic (exact) mass is 281 g/mol. The van der Waals surface area contributed by atoms with Gasteiger partial charge in [-0.25, -0.2) is 4.98 Å². The Morgan fingerprint density at radius 2 is 2.28 bits per heavy atom. The maximum atomic E-state index is 11.6. The number of hydrogen-bond acceptors (Lipinski definition) is 3. The molecular formula is C12H12ClN3OS. The number of benzene rings is 1. The molecule has 1 aromatic heterocycles. The maximum absolute atomic E-state index is 11.6. The first-order valence-corrected chi connectivity index (χ1v) is 6.78. The van der Waals surface area contributed by atoms with E-state index in [0.717, 1.165) is 4.90 Å². The van der Waals surface area contributed by atoms with E-state index in [1.165, 1.54) is 0 Å². The second-order valence-corrected chi connectivity index (χ2v) is 5.06. The van der Waals surface area contributed by atoms with Gasteiger partial charge >= 0.3 is 0 Å². The first-order chi connectivity index (χ1) is 8.75. The molecular weight excluding hydrogens is 270 g/mol. The molecule has 0 unspecified atom stereocenters. The molecule has 1 amide bonds. The van der Waals surface area contributed by atoms with Gasteiger partial charge < -0.3 is 4.98 Å². The summed E-state index contributed by atoms with van der Waals surface area (Å²) in [6.45, 7) is 0. The van der Waals surface area contributed by atoms with E-state index in [2.05, 4.69) is 15.3 Å². The van der Waals surface area contributed by atoms with Gasteiger partial charge in [0.1, 0.15) is 0 Å². The van der Waals surface area contributed by atoms with E-state index in [1.54, 1.807) is 24.2 Å². The van der Waals surface area contributed by atoms with Crippen LogP contribution >= 0.6 is 23.4 Å². The fourth-order valence-corrected chi connectivity index (χ4v) is 2.53. The van der Waals surface area contributed by atoms with Crippen molar-refractivity contribution < 1.29 is 4.79 Å². The number of nitrogens with one attached hydrogen (secondary N) is 2. The number of imidazole rings is 1. The summed E-state index contributed by atoms with van der Waals surface area (Å²) in [6.07, 6.45) is 3.67. The Balaban J connectivity index is 1.75. The standard InChI is InChI=1S/C12H12ClN3OS/c13-9-3-1-2-4-10(9)18-8-5-11(17)16-12-14-6-7-15-12/h1-4,6-7H,5,8H2,(H2,14,15,16,17). The Morgan fingerprint density at radius 3 is 3.00 bits per heavy atom. The van der Waals surface area contributed by atoms with Crippen LogP contribution in [0.25, 0.3) is 0 Å². The second kappa shape index (κ2) is 6.47. The number of nitrogens with zero attached hydrogens (tertiary/aromatic N) is 1. The van der Waals surface area contributed by atoms with Crippen LogP contribution in [0.4, 0.5) is 5.95 Å². The van der Waals surface area contributed by atoms with E-state index < -0.39 is 0 Å². The van der Waals surface area contributed by atoms with Crippen molar-refractivity contribution >= 4 is 35.2 Å². The number of aromatic nitrogens is 2. The Morgan fingerprint density at radius 1 is 1.44 bits per heavy atom. The molecule has 2 aromatic rings. The van der Waals surface area contributed by atoms with Crippen LogP contribution in [-0.4, -0.2) is 21.6 Å². The molecule has 0 aliphatic rings. The van der Waals surface area contributed by atoms with Gasteiger partial charge in [0.25, 0.3) is 0 Å². The van der Waals surface area contributed by atoms with Gasteiger partial charge in [-0.3, -0.25) is 10.1 Å². The molecule has 0 aliphatic carbocycles. The molecule has 6 heteroatoms. The fourth-order valence-electron chi connectivity index (χ4n) is 1.34. The van der Waals surface area contributed by atoms with Gasteiger partial charge in [-0.1, -0.05) is 23.7 Å². The zero-order valence-corrected chi connectivity index (χ0v) is 11.1. The molecule has 1 heterocycles. The quantitative estimate of drug-likeness (QED) is 0.828. The highest BCUT2D eigenvalue weighted by molar-refractivity contribution is 7.99. The van der Waals surface area contributed by atoms with Gasteiger partial charge in [0.2, 0.25) is 11.9 Å². The molecule has 18 heavy (non-hydrogen) atoms. The van der Waals surface area contributed by atoms with Crippen molar-refractivity contribution in [1.82, 2.24) is 9.97 Å². The minimum Gasteiger partial charge on any atom is -0.331 e. The van der Waals surface area contributed by atoms with Crippen LogP contribution < -0.4 is 5.32 Å². The molecule has 0 bridgehead atoms. The number of halogens is 1. The molecule has 0 atom stereocenters. The Bertz CT molecular complexity index is 516. The summed E-state index contributed by atoms with van der Waals surface area (Å²) in [6, 6.07) is 7.59. The third-order valence-corrected chi connectivity index (χ3v) is 3.70. The molecule has 2 rings (SSSR count). The van der Waals surface area contributed by atoms with Crippen LogP contribution in [0, 0.1) is 0 Å². The van der Waals surface area contributed by atoms with Crippen molar-refractivity contribution in [2.75, 3.05) is 11.1 Å². The average molecular weight is 282 g/mol. The number of rotatable bonds is 5. The molecule has 0 radical (unpaired) electrons. The van der Waals surface area contributed by atoms with Gasteiger partial charge in [0.05, 0.1) is 5.02 Å². The minimum absolute atomic E-state index is 0.0653. The van der Waals surface area contributed by atoms with Gasteiger partial charge in [-0.15, -0.1) is 11.8 Å². The highest BCUT2D eigenvalue weighted by Gasteiger charge is 2.05. The summed E-state index contributed by atoms with van der Waals surface area (Å²) in [7, 11) is 0. The molecule has 94 valence electrons. The lowest BCUT2D eigenvalue weighted by Gasteiger charge is -2.04. The summed E-state index contributed by atoms with van der Waals surface area (Å²) in [4.78, 5) is 19.3. The second-order valence-electron chi connectivity index (χ2n) is 3.51. The van der Waals surface area contributed by atoms with E-state index >= 15 is 0 Å². The average Bonchev–Trinajstić information content (AvgIpc) is 2.84. The highest BCUT2D eigenvalue weighted by Crippen LogP contribution is 2.26. The molecule has 0 aliphatic heterocycles. The minimum atomic E-state index is -0.0653. The number of anilines is 1. The zero-order valence-electron chi connectivity index (χ0n) is 9.52. The Hall–Kier alpha value is -1.46. The first kappa shape index (κ1) is 13.0. The van der Waals surface area contributed by atoms with Crippen LogP contribution in [0.15, 0.2) is 41.6 Å². The third kappa shape index (κ3) is 3.78. The molecule has 0 fully saturated rings. The summed E-state index contributed by atoms with van der Waals surface area (Å²) in [5, 5.41) is 3.39. The zero-order chi connectivity index (χ0) is 12.8. The van der Waals surface area contributed by atoms with Crippen LogP contribution in [-0.2, 0) is 4.79 Å². The van der Waals surface area contributed by atoms with Crippen LogP contribution in [0.2, 0.25) is 5.02 Å². The SMILES string of the molecule is O=C(CCSc1ccccc1Cl)Nc1ncc[nH]1. The highest BCUT2D eigenvalue weighted by atomic mass is 35.5. The number of amides is 1. The van der Waals surface area contributed by atoms with Gasteiger partial charge in [0.15, 0.2) is 0 Å². The summed E-state index contributed by atoms with van der Waals surface area (Å²) < 4.78 is 0. The van der Waals surface area contributed by atoms with Crippen molar-refractivity contribution in [3.05, 3.63) is 41.7 Å². The Labute approximate surface area is 114 Å². The first-order valence-electron chi connectivity index (χ1n) is 5.42. The molecule has 1 aromatic carbocycles.